The van der Waals surface area contributed by atoms with Gasteiger partial charge in [-0.25, -0.2) is 4.79 Å². The van der Waals surface area contributed by atoms with Gasteiger partial charge in [0, 0.05) is 25.1 Å². The van der Waals surface area contributed by atoms with Crippen molar-refractivity contribution in [1.29, 1.82) is 0 Å². The predicted octanol–water partition coefficient (Wildman–Crippen LogP) is 3.50. The van der Waals surface area contributed by atoms with Crippen LogP contribution in [0.25, 0.3) is 0 Å². The van der Waals surface area contributed by atoms with Crippen LogP contribution in [0, 0.1) is 0 Å². The minimum Gasteiger partial charge on any atom is -0.490 e. The number of carbonyl (C=O) groups is 2. The van der Waals surface area contributed by atoms with Crippen LogP contribution in [0.5, 0.6) is 5.75 Å². The van der Waals surface area contributed by atoms with Crippen LogP contribution in [0.3, 0.4) is 0 Å². The highest BCUT2D eigenvalue weighted by molar-refractivity contribution is 6.30. The maximum Gasteiger partial charge on any atom is 0.333 e. The largest absolute Gasteiger partial charge is 0.490 e. The van der Waals surface area contributed by atoms with Crippen LogP contribution in [0.4, 0.5) is 0 Å². The minimum atomic E-state index is -1.01. The Morgan fingerprint density at radius 2 is 1.86 bits per heavy atom. The molecule has 1 amide bonds. The zero-order chi connectivity index (χ0) is 21.2. The fraction of sp³-hybridized carbons (Fsp3) is 0.364. The van der Waals surface area contributed by atoms with Crippen molar-refractivity contribution in [3.05, 3.63) is 64.7 Å². The molecule has 0 heterocycles. The number of benzene rings is 2. The van der Waals surface area contributed by atoms with Crippen LogP contribution in [-0.4, -0.2) is 42.8 Å². The molecular weight excluding hydrogens is 394 g/mol. The number of amides is 1. The number of nitrogens with one attached hydrogen (secondary N) is 1. The summed E-state index contributed by atoms with van der Waals surface area (Å²) in [5.74, 6) is -0.524. The van der Waals surface area contributed by atoms with Gasteiger partial charge in [-0.1, -0.05) is 35.9 Å². The number of methoxy groups -OCH3 is 1. The molecule has 2 N–H and O–H groups in total. The number of carboxylic acid groups (broad SMARTS) is 1. The molecule has 0 aliphatic rings. The molecule has 0 fully saturated rings. The van der Waals surface area contributed by atoms with Crippen LogP contribution in [0.15, 0.2) is 48.5 Å². The fourth-order valence-electron chi connectivity index (χ4n) is 2.88. The van der Waals surface area contributed by atoms with Gasteiger partial charge < -0.3 is 19.9 Å². The third-order valence-corrected chi connectivity index (χ3v) is 4.55. The van der Waals surface area contributed by atoms with Crippen LogP contribution in [0.2, 0.25) is 5.02 Å². The van der Waals surface area contributed by atoms with Gasteiger partial charge in [-0.15, -0.1) is 0 Å². The molecule has 0 radical (unpaired) electrons. The van der Waals surface area contributed by atoms with Crippen molar-refractivity contribution in [2.45, 2.75) is 38.4 Å². The van der Waals surface area contributed by atoms with Gasteiger partial charge in [0.1, 0.15) is 11.9 Å². The van der Waals surface area contributed by atoms with Crippen molar-refractivity contribution in [1.82, 2.24) is 5.32 Å². The molecule has 0 saturated carbocycles. The second-order valence-electron chi connectivity index (χ2n) is 6.78. The Kier molecular flexibility index (Phi) is 8.96. The number of carbonyl (C=O) groups excluding carboxylic acids is 1. The van der Waals surface area contributed by atoms with E-state index in [1.807, 2.05) is 37.3 Å². The summed E-state index contributed by atoms with van der Waals surface area (Å²) in [5.41, 5.74) is 1.85. The van der Waals surface area contributed by atoms with Crippen molar-refractivity contribution in [3.63, 3.8) is 0 Å². The van der Waals surface area contributed by atoms with E-state index in [-0.39, 0.29) is 24.9 Å². The monoisotopic (exact) mass is 419 g/mol. The maximum absolute atomic E-state index is 12.1. The third-order valence-electron chi connectivity index (χ3n) is 4.31. The van der Waals surface area contributed by atoms with Gasteiger partial charge in [-0.2, -0.15) is 0 Å². The van der Waals surface area contributed by atoms with Crippen molar-refractivity contribution in [3.8, 4) is 5.75 Å². The molecule has 29 heavy (non-hydrogen) atoms. The van der Waals surface area contributed by atoms with Crippen LogP contribution >= 0.6 is 11.6 Å². The summed E-state index contributed by atoms with van der Waals surface area (Å²) in [6.07, 6.45) is -0.0766. The first-order chi connectivity index (χ1) is 13.9. The molecule has 2 rings (SSSR count). The van der Waals surface area contributed by atoms with E-state index in [9.17, 15) is 9.59 Å². The zero-order valence-electron chi connectivity index (χ0n) is 16.6. The number of rotatable bonds is 11. The van der Waals surface area contributed by atoms with Gasteiger partial charge in [-0.05, 0) is 48.7 Å². The molecule has 0 bridgehead atoms. The van der Waals surface area contributed by atoms with E-state index in [0.29, 0.717) is 23.7 Å². The van der Waals surface area contributed by atoms with E-state index in [1.54, 1.807) is 18.2 Å². The summed E-state index contributed by atoms with van der Waals surface area (Å²) in [6.45, 7) is 2.34. The van der Waals surface area contributed by atoms with Gasteiger partial charge in [0.15, 0.2) is 6.10 Å². The molecule has 2 aromatic rings. The van der Waals surface area contributed by atoms with Gasteiger partial charge in [0.2, 0.25) is 5.91 Å². The van der Waals surface area contributed by atoms with Crippen molar-refractivity contribution in [2.24, 2.45) is 0 Å². The summed E-state index contributed by atoms with van der Waals surface area (Å²) < 4.78 is 10.8. The lowest BCUT2D eigenvalue weighted by molar-refractivity contribution is -0.148. The van der Waals surface area contributed by atoms with E-state index in [2.05, 4.69) is 5.32 Å². The van der Waals surface area contributed by atoms with Crippen LogP contribution < -0.4 is 10.1 Å². The lowest BCUT2D eigenvalue weighted by Crippen LogP contribution is -2.30. The van der Waals surface area contributed by atoms with Gasteiger partial charge in [0.25, 0.3) is 0 Å². The highest BCUT2D eigenvalue weighted by atomic mass is 35.5. The number of hydrogen-bond donors (Lipinski definition) is 2. The minimum absolute atomic E-state index is 0.0963. The number of aliphatic carboxylic acids is 1. The molecule has 0 aliphatic carbocycles. The van der Waals surface area contributed by atoms with E-state index >= 15 is 0 Å². The summed E-state index contributed by atoms with van der Waals surface area (Å²) >= 11 is 5.95. The van der Waals surface area contributed by atoms with E-state index in [4.69, 9.17) is 26.2 Å². The van der Waals surface area contributed by atoms with Gasteiger partial charge >= 0.3 is 5.97 Å². The van der Waals surface area contributed by atoms with Crippen LogP contribution in [-0.2, 0) is 27.2 Å². The van der Waals surface area contributed by atoms with Crippen LogP contribution in [0.1, 0.15) is 24.5 Å². The Bertz CT molecular complexity index is 826. The molecule has 6 nitrogen and oxygen atoms in total. The SMILES string of the molecule is CO[C@@H](Cc1cccc(OC(C)CC(=O)NCCc2cccc(Cl)c2)c1)C(=O)O. The topological polar surface area (TPSA) is 84.9 Å². The predicted molar refractivity (Wildman–Crippen MR) is 111 cm³/mol. The molecule has 2 atom stereocenters. The zero-order valence-corrected chi connectivity index (χ0v) is 17.3. The van der Waals surface area contributed by atoms with E-state index in [1.165, 1.54) is 7.11 Å². The van der Waals surface area contributed by atoms with E-state index in [0.717, 1.165) is 11.1 Å². The Hall–Kier alpha value is -2.57. The van der Waals surface area contributed by atoms with Gasteiger partial charge in [-0.3, -0.25) is 4.79 Å². The average molecular weight is 420 g/mol. The lowest BCUT2D eigenvalue weighted by atomic mass is 10.1. The molecule has 0 spiro atoms. The molecule has 156 valence electrons. The molecule has 2 aromatic carbocycles. The maximum atomic E-state index is 12.1. The Balaban J connectivity index is 1.79. The highest BCUT2D eigenvalue weighted by Crippen LogP contribution is 2.18. The number of ether oxygens (including phenoxy) is 2. The molecule has 1 unspecified atom stereocenters. The van der Waals surface area contributed by atoms with Crippen molar-refractivity contribution in [2.75, 3.05) is 13.7 Å². The first-order valence-corrected chi connectivity index (χ1v) is 9.77. The van der Waals surface area contributed by atoms with Crippen molar-refractivity contribution < 1.29 is 24.2 Å². The Morgan fingerprint density at radius 1 is 1.14 bits per heavy atom. The number of carboxylic acids is 1. The molecular formula is C22H26ClNO5. The number of hydrogen-bond acceptors (Lipinski definition) is 4. The average Bonchev–Trinajstić information content (AvgIpc) is 2.66. The quantitative estimate of drug-likeness (QED) is 0.582. The summed E-state index contributed by atoms with van der Waals surface area (Å²) in [4.78, 5) is 23.2. The lowest BCUT2D eigenvalue weighted by Gasteiger charge is -2.16. The van der Waals surface area contributed by atoms with Crippen molar-refractivity contribution >= 4 is 23.5 Å². The molecule has 0 saturated heterocycles. The highest BCUT2D eigenvalue weighted by Gasteiger charge is 2.17. The third kappa shape index (κ3) is 8.13. The first-order valence-electron chi connectivity index (χ1n) is 9.39. The Labute approximate surface area is 175 Å². The molecule has 0 aromatic heterocycles. The van der Waals surface area contributed by atoms with Gasteiger partial charge in [0.05, 0.1) is 6.42 Å². The van der Waals surface area contributed by atoms with E-state index < -0.39 is 12.1 Å². The fourth-order valence-corrected chi connectivity index (χ4v) is 3.09. The number of halogens is 1. The second kappa shape index (κ2) is 11.4. The Morgan fingerprint density at radius 3 is 2.55 bits per heavy atom. The standard InChI is InChI=1S/C22H26ClNO5/c1-15(11-21(25)24-10-9-16-5-3-7-18(23)12-16)29-19-8-4-6-17(13-19)14-20(28-2)22(26)27/h3-8,12-13,15,20H,9-11,14H2,1-2H3,(H,24,25)(H,26,27)/t15?,20-/m0/s1. The summed E-state index contributed by atoms with van der Waals surface area (Å²) in [5, 5.41) is 12.7. The normalized spacial score (nSPS) is 12.8. The smallest absolute Gasteiger partial charge is 0.333 e. The molecule has 7 heteroatoms. The first kappa shape index (κ1) is 22.7. The summed E-state index contributed by atoms with van der Waals surface area (Å²) in [6, 6.07) is 14.7. The summed E-state index contributed by atoms with van der Waals surface area (Å²) in [7, 11) is 1.37. The molecule has 0 aliphatic heterocycles. The second-order valence-corrected chi connectivity index (χ2v) is 7.21.